The van der Waals surface area contributed by atoms with Crippen molar-refractivity contribution in [2.45, 2.75) is 6.92 Å². The Hall–Kier alpha value is 1.39. The summed E-state index contributed by atoms with van der Waals surface area (Å²) in [4.78, 5) is 31.0. The Morgan fingerprint density at radius 2 is 1.38 bits per heavy atom. The van der Waals surface area contributed by atoms with Crippen LogP contribution in [-0.4, -0.2) is 19.6 Å². The Labute approximate surface area is 118 Å². The van der Waals surface area contributed by atoms with Crippen LogP contribution in [0.2, 0.25) is 0 Å². The summed E-state index contributed by atoms with van der Waals surface area (Å²) < 4.78 is 22.2. The van der Waals surface area contributed by atoms with Gasteiger partial charge in [-0.25, -0.2) is 9.13 Å². The average molecular weight is 259 g/mol. The molecule has 0 rings (SSSR count). The van der Waals surface area contributed by atoms with Gasteiger partial charge in [0.1, 0.15) is 0 Å². The fraction of sp³-hybridized carbons (Fsp3) is 0.500. The molecule has 0 bridgehead atoms. The molecule has 0 radical (unpaired) electrons. The maximum Gasteiger partial charge on any atom is 1.00 e. The van der Waals surface area contributed by atoms with Crippen LogP contribution in [0.1, 0.15) is 8.35 Å². The van der Waals surface area contributed by atoms with Crippen LogP contribution in [0.4, 0.5) is 0 Å². The van der Waals surface area contributed by atoms with E-state index in [2.05, 4.69) is 4.31 Å². The minimum Gasteiger partial charge on any atom is -1.00 e. The van der Waals surface area contributed by atoms with E-state index in [9.17, 15) is 9.13 Å². The third kappa shape index (κ3) is 31.8. The normalized spacial score (nSPS) is 10.2. The van der Waals surface area contributed by atoms with Gasteiger partial charge < -0.3 is 21.0 Å². The van der Waals surface area contributed by atoms with Gasteiger partial charge in [0.15, 0.2) is 0 Å². The molecule has 0 aliphatic heterocycles. The molecule has 0 atom stereocenters. The first-order valence-electron chi connectivity index (χ1n) is 2.25. The second-order valence-electron chi connectivity index (χ2n) is 1.29. The molecule has 74 valence electrons. The van der Waals surface area contributed by atoms with Gasteiger partial charge in [0.2, 0.25) is 0 Å². The van der Waals surface area contributed by atoms with E-state index in [0.717, 1.165) is 0 Å². The van der Waals surface area contributed by atoms with Gasteiger partial charge >= 0.3 is 67.0 Å². The Balaban J connectivity index is -0.0000000891. The zero-order chi connectivity index (χ0) is 10.4. The third-order valence-electron chi connectivity index (χ3n) is 0.213. The monoisotopic (exact) mass is 259 g/mol. The van der Waals surface area contributed by atoms with Crippen molar-refractivity contribution in [1.82, 2.24) is 0 Å². The molecule has 8 nitrogen and oxygen atoms in total. The van der Waals surface area contributed by atoms with Gasteiger partial charge in [0, 0.05) is 6.92 Å². The number of nitriles is 1. The van der Waals surface area contributed by atoms with Crippen molar-refractivity contribution in [2.24, 2.45) is 0 Å². The first-order valence-corrected chi connectivity index (χ1v) is 5.31. The SMILES string of the molecule is CC#N.O=P(O)(O)OP(=O)(O)O.[H-].[K+]. The minimum atomic E-state index is -5.05. The third-order valence-corrected chi connectivity index (χ3v) is 1.91. The molecule has 0 aromatic heterocycles. The Morgan fingerprint density at radius 1 is 1.23 bits per heavy atom. The molecule has 11 heteroatoms. The molecule has 0 aliphatic rings. The van der Waals surface area contributed by atoms with Gasteiger partial charge in [-0.05, 0) is 0 Å². The molecule has 0 saturated heterocycles. The van der Waals surface area contributed by atoms with E-state index in [1.807, 2.05) is 0 Å². The van der Waals surface area contributed by atoms with Crippen molar-refractivity contribution in [3.63, 3.8) is 0 Å². The number of hydrogen-bond donors (Lipinski definition) is 4. The van der Waals surface area contributed by atoms with E-state index in [1.165, 1.54) is 6.92 Å². The molecule has 0 heterocycles. The van der Waals surface area contributed by atoms with Crippen molar-refractivity contribution >= 4 is 15.6 Å². The fourth-order valence-electron chi connectivity index (χ4n) is 0.139. The van der Waals surface area contributed by atoms with Crippen molar-refractivity contribution in [3.05, 3.63) is 0 Å². The number of rotatable bonds is 2. The average Bonchev–Trinajstić information content (AvgIpc) is 1.53. The first-order chi connectivity index (χ1) is 5.12. The first kappa shape index (κ1) is 19.9. The largest absolute Gasteiger partial charge is 1.00 e. The van der Waals surface area contributed by atoms with Crippen LogP contribution < -0.4 is 51.4 Å². The van der Waals surface area contributed by atoms with Gasteiger partial charge in [-0.1, -0.05) is 0 Å². The molecule has 0 aromatic rings. The molecule has 0 aliphatic carbocycles. The molecule has 0 fully saturated rings. The van der Waals surface area contributed by atoms with E-state index in [1.54, 1.807) is 6.07 Å². The van der Waals surface area contributed by atoms with Gasteiger partial charge in [-0.2, -0.15) is 9.57 Å². The van der Waals surface area contributed by atoms with Crippen LogP contribution in [-0.2, 0) is 13.4 Å². The Morgan fingerprint density at radius 3 is 1.38 bits per heavy atom. The second kappa shape index (κ2) is 8.68. The summed E-state index contributed by atoms with van der Waals surface area (Å²) in [7, 11) is -10.1. The molecule has 0 saturated carbocycles. The summed E-state index contributed by atoms with van der Waals surface area (Å²) in [5.74, 6) is 0. The number of nitrogens with zero attached hydrogens (tertiary/aromatic N) is 1. The molecule has 0 unspecified atom stereocenters. The van der Waals surface area contributed by atoms with Gasteiger partial charge in [-0.3, -0.25) is 0 Å². The maximum absolute atomic E-state index is 9.63. The predicted molar refractivity (Wildman–Crippen MR) is 37.6 cm³/mol. The van der Waals surface area contributed by atoms with Gasteiger partial charge in [0.05, 0.1) is 6.07 Å². The van der Waals surface area contributed by atoms with Crippen molar-refractivity contribution < 1.29 is 85.8 Å². The summed E-state index contributed by atoms with van der Waals surface area (Å²) in [6.07, 6.45) is 0. The van der Waals surface area contributed by atoms with Crippen LogP contribution in [0.5, 0.6) is 0 Å². The Bertz CT molecular complexity index is 233. The van der Waals surface area contributed by atoms with E-state index >= 15 is 0 Å². The molecule has 0 spiro atoms. The fourth-order valence-corrected chi connectivity index (χ4v) is 1.25. The summed E-state index contributed by atoms with van der Waals surface area (Å²) in [5, 5.41) is 7.32. The van der Waals surface area contributed by atoms with E-state index < -0.39 is 15.6 Å². The standard InChI is InChI=1S/C2H3N.K.H4O7P2.H/c1-2-3;;1-8(2,3)7-9(4,5)6;/h1H3;;(H2,1,2,3)(H2,4,5,6);/q;+1;;-1. The van der Waals surface area contributed by atoms with Crippen LogP contribution in [0.15, 0.2) is 0 Å². The topological polar surface area (TPSA) is 148 Å². The van der Waals surface area contributed by atoms with E-state index in [0.29, 0.717) is 0 Å². The van der Waals surface area contributed by atoms with Crippen LogP contribution in [0.3, 0.4) is 0 Å². The van der Waals surface area contributed by atoms with Crippen molar-refractivity contribution in [1.29, 1.82) is 5.26 Å². The summed E-state index contributed by atoms with van der Waals surface area (Å²) in [6, 6.07) is 1.75. The zero-order valence-electron chi connectivity index (χ0n) is 7.86. The summed E-state index contributed by atoms with van der Waals surface area (Å²) >= 11 is 0. The van der Waals surface area contributed by atoms with Crippen LogP contribution in [0, 0.1) is 11.3 Å². The zero-order valence-corrected chi connectivity index (χ0v) is 11.8. The number of phosphoric acid groups is 2. The van der Waals surface area contributed by atoms with Crippen molar-refractivity contribution in [3.8, 4) is 6.07 Å². The molecule has 0 aromatic carbocycles. The maximum atomic E-state index is 9.63. The molecular weight excluding hydrogens is 251 g/mol. The summed E-state index contributed by atoms with van der Waals surface area (Å²) in [5.41, 5.74) is 0. The van der Waals surface area contributed by atoms with E-state index in [-0.39, 0.29) is 52.8 Å². The second-order valence-corrected chi connectivity index (χ2v) is 3.90. The molecular formula is C2H8KNO7P2. The Kier molecular flexibility index (Phi) is 13.3. The molecule has 13 heavy (non-hydrogen) atoms. The summed E-state index contributed by atoms with van der Waals surface area (Å²) in [6.45, 7) is 1.43. The number of hydrogen-bond acceptors (Lipinski definition) is 4. The van der Waals surface area contributed by atoms with Crippen molar-refractivity contribution in [2.75, 3.05) is 0 Å². The molecule has 0 amide bonds. The quantitative estimate of drug-likeness (QED) is 0.300. The smallest absolute Gasteiger partial charge is 1.00 e. The van der Waals surface area contributed by atoms with Crippen LogP contribution >= 0.6 is 15.6 Å². The van der Waals surface area contributed by atoms with Crippen LogP contribution in [0.25, 0.3) is 0 Å². The van der Waals surface area contributed by atoms with E-state index in [4.69, 9.17) is 24.8 Å². The van der Waals surface area contributed by atoms with Gasteiger partial charge in [-0.15, -0.1) is 0 Å². The predicted octanol–water partition coefficient (Wildman–Crippen LogP) is -3.17. The minimum absolute atomic E-state index is 0. The molecule has 4 N–H and O–H groups in total. The van der Waals surface area contributed by atoms with Gasteiger partial charge in [0.25, 0.3) is 0 Å².